The molecule has 0 saturated carbocycles. The highest BCUT2D eigenvalue weighted by Crippen LogP contribution is 2.25. The number of hydrogen-bond acceptors (Lipinski definition) is 0. The van der Waals surface area contributed by atoms with Crippen LogP contribution in [0.3, 0.4) is 0 Å². The lowest BCUT2D eigenvalue weighted by Gasteiger charge is -2.16. The molecule has 2 unspecified atom stereocenters. The van der Waals surface area contributed by atoms with Gasteiger partial charge in [-0.05, 0) is 31.1 Å². The van der Waals surface area contributed by atoms with Gasteiger partial charge in [0.1, 0.15) is 0 Å². The summed E-state index contributed by atoms with van der Waals surface area (Å²) in [5, 5.41) is 0. The van der Waals surface area contributed by atoms with E-state index >= 15 is 0 Å². The molecular weight excluding hydrogens is 168 g/mol. The van der Waals surface area contributed by atoms with E-state index < -0.39 is 0 Å². The second-order valence-electron chi connectivity index (χ2n) is 4.36. The molecule has 14 heavy (non-hydrogen) atoms. The quantitative estimate of drug-likeness (QED) is 0.610. The van der Waals surface area contributed by atoms with Gasteiger partial charge in [0.15, 0.2) is 0 Å². The predicted molar refractivity (Wildman–Crippen MR) is 62.0 cm³/mol. The number of allylic oxidation sites excluding steroid dienone is 8. The maximum Gasteiger partial charge on any atom is -0.0155 e. The van der Waals surface area contributed by atoms with E-state index in [0.29, 0.717) is 0 Å². The molecule has 0 aromatic carbocycles. The molecule has 0 aromatic rings. The Morgan fingerprint density at radius 1 is 1.21 bits per heavy atom. The summed E-state index contributed by atoms with van der Waals surface area (Å²) >= 11 is 0. The second-order valence-corrected chi connectivity index (χ2v) is 4.36. The maximum absolute atomic E-state index is 2.40. The minimum Gasteiger partial charge on any atom is -0.0840 e. The van der Waals surface area contributed by atoms with Gasteiger partial charge in [-0.2, -0.15) is 0 Å². The van der Waals surface area contributed by atoms with Crippen molar-refractivity contribution in [1.82, 2.24) is 0 Å². The lowest BCUT2D eigenvalue weighted by molar-refractivity contribution is 0.641. The summed E-state index contributed by atoms with van der Waals surface area (Å²) in [6, 6.07) is 0. The van der Waals surface area contributed by atoms with Crippen molar-refractivity contribution < 1.29 is 0 Å². The molecule has 0 bridgehead atoms. The Hall–Kier alpha value is -1.04. The summed E-state index contributed by atoms with van der Waals surface area (Å²) in [7, 11) is 0. The fourth-order valence-corrected chi connectivity index (χ4v) is 2.01. The van der Waals surface area contributed by atoms with Crippen LogP contribution in [0.4, 0.5) is 0 Å². The molecule has 0 saturated heterocycles. The fourth-order valence-electron chi connectivity index (χ4n) is 2.01. The van der Waals surface area contributed by atoms with Gasteiger partial charge in [-0.3, -0.25) is 0 Å². The first-order valence-corrected chi connectivity index (χ1v) is 5.55. The van der Waals surface area contributed by atoms with Crippen molar-refractivity contribution in [1.29, 1.82) is 0 Å². The molecule has 0 radical (unpaired) electrons. The van der Waals surface area contributed by atoms with Crippen molar-refractivity contribution in [3.63, 3.8) is 0 Å². The third-order valence-corrected chi connectivity index (χ3v) is 2.96. The van der Waals surface area contributed by atoms with E-state index in [9.17, 15) is 0 Å². The van der Waals surface area contributed by atoms with Crippen LogP contribution in [0.1, 0.15) is 26.2 Å². The Labute approximate surface area is 86.7 Å². The van der Waals surface area contributed by atoms with Crippen molar-refractivity contribution in [3.05, 3.63) is 48.1 Å². The maximum atomic E-state index is 2.40. The van der Waals surface area contributed by atoms with Crippen molar-refractivity contribution in [2.24, 2.45) is 11.8 Å². The van der Waals surface area contributed by atoms with E-state index in [2.05, 4.69) is 49.5 Å². The smallest absolute Gasteiger partial charge is 0.0155 e. The van der Waals surface area contributed by atoms with Gasteiger partial charge in [0, 0.05) is 0 Å². The Morgan fingerprint density at radius 3 is 2.79 bits per heavy atom. The van der Waals surface area contributed by atoms with Crippen LogP contribution in [-0.4, -0.2) is 0 Å². The third kappa shape index (κ3) is 2.47. The zero-order valence-corrected chi connectivity index (χ0v) is 8.82. The van der Waals surface area contributed by atoms with E-state index in [1.807, 2.05) is 0 Å². The van der Waals surface area contributed by atoms with Crippen LogP contribution in [0, 0.1) is 11.8 Å². The molecule has 0 nitrogen and oxygen atoms in total. The van der Waals surface area contributed by atoms with Gasteiger partial charge in [0.25, 0.3) is 0 Å². The molecule has 0 aromatic heterocycles. The minimum atomic E-state index is 0.726. The van der Waals surface area contributed by atoms with Crippen molar-refractivity contribution in [3.8, 4) is 0 Å². The Bertz CT molecular complexity index is 302. The standard InChI is InChI=1S/C14H18/c1-12-7-9-14(10-8-12)11-13-5-3-2-4-6-13/h2-5,7,9-10,12-13H,6,8,11H2,1H3. The van der Waals surface area contributed by atoms with Gasteiger partial charge < -0.3 is 0 Å². The summed E-state index contributed by atoms with van der Waals surface area (Å²) in [5.74, 6) is 1.46. The molecule has 0 N–H and O–H groups in total. The van der Waals surface area contributed by atoms with Gasteiger partial charge >= 0.3 is 0 Å². The highest BCUT2D eigenvalue weighted by atomic mass is 14.1. The molecule has 2 aliphatic carbocycles. The van der Waals surface area contributed by atoms with Crippen LogP contribution in [-0.2, 0) is 0 Å². The first kappa shape index (κ1) is 9.51. The monoisotopic (exact) mass is 186 g/mol. The molecule has 0 fully saturated rings. The Balaban J connectivity index is 1.89. The van der Waals surface area contributed by atoms with Gasteiger partial charge in [-0.1, -0.05) is 55.0 Å². The largest absolute Gasteiger partial charge is 0.0840 e. The highest BCUT2D eigenvalue weighted by molar-refractivity contribution is 5.25. The fraction of sp³-hybridized carbons (Fsp3) is 0.429. The summed E-state index contributed by atoms with van der Waals surface area (Å²) in [4.78, 5) is 0. The molecule has 0 heteroatoms. The molecule has 2 rings (SSSR count). The number of rotatable bonds is 2. The van der Waals surface area contributed by atoms with E-state index in [4.69, 9.17) is 0 Å². The van der Waals surface area contributed by atoms with Crippen LogP contribution in [0.5, 0.6) is 0 Å². The summed E-state index contributed by atoms with van der Waals surface area (Å²) in [6.07, 6.45) is 19.6. The van der Waals surface area contributed by atoms with E-state index in [-0.39, 0.29) is 0 Å². The molecule has 0 aliphatic heterocycles. The van der Waals surface area contributed by atoms with Crippen LogP contribution in [0.25, 0.3) is 0 Å². The first-order chi connectivity index (χ1) is 6.84. The molecule has 0 amide bonds. The molecule has 2 aliphatic rings. The summed E-state index contributed by atoms with van der Waals surface area (Å²) < 4.78 is 0. The average Bonchev–Trinajstić information content (AvgIpc) is 2.23. The average molecular weight is 186 g/mol. The van der Waals surface area contributed by atoms with E-state index in [0.717, 1.165) is 11.8 Å². The summed E-state index contributed by atoms with van der Waals surface area (Å²) in [6.45, 7) is 2.27. The lowest BCUT2D eigenvalue weighted by Crippen LogP contribution is -2.01. The molecular formula is C14H18. The van der Waals surface area contributed by atoms with Crippen molar-refractivity contribution in [2.75, 3.05) is 0 Å². The van der Waals surface area contributed by atoms with E-state index in [1.165, 1.54) is 24.8 Å². The first-order valence-electron chi connectivity index (χ1n) is 5.55. The van der Waals surface area contributed by atoms with Crippen LogP contribution in [0.2, 0.25) is 0 Å². The lowest BCUT2D eigenvalue weighted by atomic mass is 9.89. The third-order valence-electron chi connectivity index (χ3n) is 2.96. The minimum absolute atomic E-state index is 0.726. The molecule has 0 spiro atoms. The Morgan fingerprint density at radius 2 is 2.14 bits per heavy atom. The number of hydrogen-bond donors (Lipinski definition) is 0. The molecule has 0 heterocycles. The van der Waals surface area contributed by atoms with Crippen LogP contribution < -0.4 is 0 Å². The van der Waals surface area contributed by atoms with Crippen LogP contribution >= 0.6 is 0 Å². The van der Waals surface area contributed by atoms with Gasteiger partial charge in [0.05, 0.1) is 0 Å². The normalized spacial score (nSPS) is 30.5. The van der Waals surface area contributed by atoms with Crippen molar-refractivity contribution >= 4 is 0 Å². The zero-order chi connectivity index (χ0) is 9.80. The Kier molecular flexibility index (Phi) is 3.03. The van der Waals surface area contributed by atoms with Gasteiger partial charge in [-0.25, -0.2) is 0 Å². The van der Waals surface area contributed by atoms with E-state index in [1.54, 1.807) is 0 Å². The topological polar surface area (TPSA) is 0 Å². The SMILES string of the molecule is CC1C=CC(CC2C=CC=CC2)=CC1. The highest BCUT2D eigenvalue weighted by Gasteiger charge is 2.09. The molecule has 74 valence electrons. The zero-order valence-electron chi connectivity index (χ0n) is 8.82. The van der Waals surface area contributed by atoms with Crippen molar-refractivity contribution in [2.45, 2.75) is 26.2 Å². The predicted octanol–water partition coefficient (Wildman–Crippen LogP) is 4.03. The van der Waals surface area contributed by atoms with Gasteiger partial charge in [-0.15, -0.1) is 0 Å². The summed E-state index contributed by atoms with van der Waals surface area (Å²) in [5.41, 5.74) is 1.52. The van der Waals surface area contributed by atoms with Crippen LogP contribution in [0.15, 0.2) is 48.1 Å². The van der Waals surface area contributed by atoms with Gasteiger partial charge in [0.2, 0.25) is 0 Å². The molecule has 2 atom stereocenters. The second kappa shape index (κ2) is 4.45.